The van der Waals surface area contributed by atoms with E-state index in [9.17, 15) is 4.79 Å². The average Bonchev–Trinajstić information content (AvgIpc) is 2.61. The van der Waals surface area contributed by atoms with Crippen LogP contribution >= 0.6 is 11.6 Å². The fourth-order valence-electron chi connectivity index (χ4n) is 2.79. The lowest BCUT2D eigenvalue weighted by Crippen LogP contribution is -2.35. The molecule has 0 spiro atoms. The molecule has 5 nitrogen and oxygen atoms in total. The van der Waals surface area contributed by atoms with Gasteiger partial charge in [0.1, 0.15) is 6.10 Å². The maximum atomic E-state index is 12.1. The van der Waals surface area contributed by atoms with Crippen LogP contribution in [0, 0.1) is 0 Å². The molecule has 0 bridgehead atoms. The zero-order chi connectivity index (χ0) is 17.6. The Bertz CT molecular complexity index is 696. The molecule has 3 rings (SSSR count). The van der Waals surface area contributed by atoms with E-state index < -0.39 is 0 Å². The van der Waals surface area contributed by atoms with Crippen molar-refractivity contribution in [2.75, 3.05) is 25.5 Å². The molecule has 1 aromatic carbocycles. The van der Waals surface area contributed by atoms with E-state index >= 15 is 0 Å². The summed E-state index contributed by atoms with van der Waals surface area (Å²) in [6.07, 6.45) is 4.17. The van der Waals surface area contributed by atoms with Gasteiger partial charge in [0.15, 0.2) is 0 Å². The standard InChI is InChI=1S/C19H22ClN3O2/c1-23-10-8-17(9-11-23)25-19-7-6-16(13-21-19)22-18(24)12-14-2-4-15(20)5-3-14/h2-7,13,17H,8-12H2,1H3,(H,22,24). The Hall–Kier alpha value is -2.11. The SMILES string of the molecule is CN1CCC(Oc2ccc(NC(=O)Cc3ccc(Cl)cc3)cn2)CC1. The van der Waals surface area contributed by atoms with E-state index in [1.54, 1.807) is 24.4 Å². The van der Waals surface area contributed by atoms with Gasteiger partial charge in [-0.3, -0.25) is 4.79 Å². The summed E-state index contributed by atoms with van der Waals surface area (Å²) in [6, 6.07) is 10.9. The molecule has 1 N–H and O–H groups in total. The van der Waals surface area contributed by atoms with Crippen LogP contribution in [-0.4, -0.2) is 42.0 Å². The molecule has 2 aromatic rings. The Labute approximate surface area is 153 Å². The summed E-state index contributed by atoms with van der Waals surface area (Å²) in [6.45, 7) is 2.09. The predicted octanol–water partition coefficient (Wildman–Crippen LogP) is 3.39. The van der Waals surface area contributed by atoms with Crippen molar-refractivity contribution in [1.82, 2.24) is 9.88 Å². The van der Waals surface area contributed by atoms with E-state index in [1.165, 1.54) is 0 Å². The van der Waals surface area contributed by atoms with Crippen LogP contribution < -0.4 is 10.1 Å². The molecule has 0 unspecified atom stereocenters. The van der Waals surface area contributed by atoms with Gasteiger partial charge in [-0.05, 0) is 43.7 Å². The summed E-state index contributed by atoms with van der Waals surface area (Å²) in [7, 11) is 2.12. The highest BCUT2D eigenvalue weighted by molar-refractivity contribution is 6.30. The van der Waals surface area contributed by atoms with Gasteiger partial charge < -0.3 is 15.0 Å². The van der Waals surface area contributed by atoms with Crippen LogP contribution in [0.1, 0.15) is 18.4 Å². The number of hydrogen-bond donors (Lipinski definition) is 1. The highest BCUT2D eigenvalue weighted by atomic mass is 35.5. The third-order valence-corrected chi connectivity index (χ3v) is 4.50. The van der Waals surface area contributed by atoms with Gasteiger partial charge in [0.2, 0.25) is 11.8 Å². The summed E-state index contributed by atoms with van der Waals surface area (Å²) in [5.41, 5.74) is 1.58. The minimum Gasteiger partial charge on any atom is -0.474 e. The van der Waals surface area contributed by atoms with Crippen molar-refractivity contribution in [3.8, 4) is 5.88 Å². The third-order valence-electron chi connectivity index (χ3n) is 4.25. The number of benzene rings is 1. The zero-order valence-electron chi connectivity index (χ0n) is 14.2. The molecular weight excluding hydrogens is 338 g/mol. The second kappa shape index (κ2) is 8.32. The van der Waals surface area contributed by atoms with Gasteiger partial charge in [0.05, 0.1) is 18.3 Å². The van der Waals surface area contributed by atoms with Crippen LogP contribution in [0.15, 0.2) is 42.6 Å². The number of nitrogens with zero attached hydrogens (tertiary/aromatic N) is 2. The number of pyridine rings is 1. The summed E-state index contributed by atoms with van der Waals surface area (Å²) >= 11 is 5.85. The Balaban J connectivity index is 1.50. The van der Waals surface area contributed by atoms with Crippen LogP contribution in [-0.2, 0) is 11.2 Å². The molecule has 0 aliphatic carbocycles. The van der Waals surface area contributed by atoms with Gasteiger partial charge in [-0.25, -0.2) is 4.98 Å². The number of piperidine rings is 1. The van der Waals surface area contributed by atoms with Crippen molar-refractivity contribution >= 4 is 23.2 Å². The molecule has 0 radical (unpaired) electrons. The lowest BCUT2D eigenvalue weighted by Gasteiger charge is -2.28. The predicted molar refractivity (Wildman–Crippen MR) is 99.2 cm³/mol. The van der Waals surface area contributed by atoms with Gasteiger partial charge in [-0.2, -0.15) is 0 Å². The Morgan fingerprint density at radius 1 is 1.24 bits per heavy atom. The van der Waals surface area contributed by atoms with Gasteiger partial charge >= 0.3 is 0 Å². The molecule has 1 amide bonds. The number of hydrogen-bond acceptors (Lipinski definition) is 4. The Morgan fingerprint density at radius 2 is 1.96 bits per heavy atom. The smallest absolute Gasteiger partial charge is 0.228 e. The monoisotopic (exact) mass is 359 g/mol. The average molecular weight is 360 g/mol. The van der Waals surface area contributed by atoms with Crippen molar-refractivity contribution in [2.45, 2.75) is 25.4 Å². The molecule has 132 valence electrons. The van der Waals surface area contributed by atoms with Gasteiger partial charge in [-0.1, -0.05) is 23.7 Å². The van der Waals surface area contributed by atoms with Crippen molar-refractivity contribution in [2.24, 2.45) is 0 Å². The number of halogens is 1. The maximum Gasteiger partial charge on any atom is 0.228 e. The molecular formula is C19H22ClN3O2. The number of carbonyl (C=O) groups is 1. The molecule has 2 heterocycles. The molecule has 0 saturated carbocycles. The minimum atomic E-state index is -0.0897. The second-order valence-corrected chi connectivity index (χ2v) is 6.79. The van der Waals surface area contributed by atoms with E-state index in [2.05, 4.69) is 22.2 Å². The molecule has 1 fully saturated rings. The molecule has 1 aliphatic heterocycles. The summed E-state index contributed by atoms with van der Waals surface area (Å²) in [5.74, 6) is 0.512. The van der Waals surface area contributed by atoms with Crippen LogP contribution in [0.3, 0.4) is 0 Å². The number of rotatable bonds is 5. The Morgan fingerprint density at radius 3 is 2.60 bits per heavy atom. The summed E-state index contributed by atoms with van der Waals surface area (Å²) in [4.78, 5) is 18.7. The van der Waals surface area contributed by atoms with Crippen LogP contribution in [0.5, 0.6) is 5.88 Å². The van der Waals surface area contributed by atoms with Crippen LogP contribution in [0.2, 0.25) is 5.02 Å². The van der Waals surface area contributed by atoms with Crippen molar-refractivity contribution < 1.29 is 9.53 Å². The van der Waals surface area contributed by atoms with E-state index in [0.717, 1.165) is 31.5 Å². The molecule has 25 heavy (non-hydrogen) atoms. The van der Waals surface area contributed by atoms with Crippen LogP contribution in [0.4, 0.5) is 5.69 Å². The van der Waals surface area contributed by atoms with Gasteiger partial charge in [-0.15, -0.1) is 0 Å². The van der Waals surface area contributed by atoms with Crippen molar-refractivity contribution in [3.05, 3.63) is 53.2 Å². The van der Waals surface area contributed by atoms with E-state index in [0.29, 0.717) is 23.0 Å². The lowest BCUT2D eigenvalue weighted by atomic mass is 10.1. The first-order valence-electron chi connectivity index (χ1n) is 8.44. The molecule has 1 aliphatic rings. The topological polar surface area (TPSA) is 54.5 Å². The fourth-order valence-corrected chi connectivity index (χ4v) is 2.92. The molecule has 6 heteroatoms. The first-order chi connectivity index (χ1) is 12.1. The van der Waals surface area contributed by atoms with E-state index in [4.69, 9.17) is 16.3 Å². The normalized spacial score (nSPS) is 15.8. The first-order valence-corrected chi connectivity index (χ1v) is 8.82. The summed E-state index contributed by atoms with van der Waals surface area (Å²) in [5, 5.41) is 3.51. The summed E-state index contributed by atoms with van der Waals surface area (Å²) < 4.78 is 5.91. The fraction of sp³-hybridized carbons (Fsp3) is 0.368. The quantitative estimate of drug-likeness (QED) is 0.889. The second-order valence-electron chi connectivity index (χ2n) is 6.36. The molecule has 0 atom stereocenters. The third kappa shape index (κ3) is 5.44. The van der Waals surface area contributed by atoms with Gasteiger partial charge in [0, 0.05) is 24.2 Å². The molecule has 1 aromatic heterocycles. The van der Waals surface area contributed by atoms with E-state index in [-0.39, 0.29) is 12.0 Å². The van der Waals surface area contributed by atoms with E-state index in [1.807, 2.05) is 18.2 Å². The highest BCUT2D eigenvalue weighted by Gasteiger charge is 2.18. The van der Waals surface area contributed by atoms with Crippen LogP contribution in [0.25, 0.3) is 0 Å². The maximum absolute atomic E-state index is 12.1. The number of anilines is 1. The van der Waals surface area contributed by atoms with Crippen molar-refractivity contribution in [3.63, 3.8) is 0 Å². The van der Waals surface area contributed by atoms with Crippen molar-refractivity contribution in [1.29, 1.82) is 0 Å². The first kappa shape index (κ1) is 17.7. The Kier molecular flexibility index (Phi) is 5.89. The number of aromatic nitrogens is 1. The number of likely N-dealkylation sites (tertiary alicyclic amines) is 1. The minimum absolute atomic E-state index is 0.0897. The number of nitrogens with one attached hydrogen (secondary N) is 1. The zero-order valence-corrected chi connectivity index (χ0v) is 15.0. The molecule has 1 saturated heterocycles. The highest BCUT2D eigenvalue weighted by Crippen LogP contribution is 2.18. The van der Waals surface area contributed by atoms with Gasteiger partial charge in [0.25, 0.3) is 0 Å². The number of carbonyl (C=O) groups excluding carboxylic acids is 1. The lowest BCUT2D eigenvalue weighted by molar-refractivity contribution is -0.115. The largest absolute Gasteiger partial charge is 0.474 e. The number of amides is 1. The number of ether oxygens (including phenoxy) is 1.